The first-order valence-corrected chi connectivity index (χ1v) is 5.46. The summed E-state index contributed by atoms with van der Waals surface area (Å²) in [6, 6.07) is 0.511. The van der Waals surface area contributed by atoms with Crippen LogP contribution in [0.5, 0.6) is 0 Å². The lowest BCUT2D eigenvalue weighted by Gasteiger charge is -2.39. The zero-order chi connectivity index (χ0) is 10.6. The van der Waals surface area contributed by atoms with E-state index in [1.807, 2.05) is 0 Å². The summed E-state index contributed by atoms with van der Waals surface area (Å²) in [4.78, 5) is 4.81. The Morgan fingerprint density at radius 2 is 2.21 bits per heavy atom. The first-order chi connectivity index (χ1) is 6.67. The summed E-state index contributed by atoms with van der Waals surface area (Å²) in [6.07, 6.45) is 1.07. The van der Waals surface area contributed by atoms with Crippen molar-refractivity contribution in [2.45, 2.75) is 19.4 Å². The van der Waals surface area contributed by atoms with Gasteiger partial charge >= 0.3 is 0 Å². The van der Waals surface area contributed by atoms with Crippen molar-refractivity contribution in [3.8, 4) is 0 Å². The van der Waals surface area contributed by atoms with Crippen LogP contribution in [0.15, 0.2) is 12.2 Å². The average Bonchev–Trinajstić information content (AvgIpc) is 2.20. The molecule has 3 nitrogen and oxygen atoms in total. The van der Waals surface area contributed by atoms with Crippen molar-refractivity contribution >= 4 is 0 Å². The average molecular weight is 197 g/mol. The fourth-order valence-corrected chi connectivity index (χ4v) is 1.88. The molecule has 2 N–H and O–H groups in total. The number of likely N-dealkylation sites (N-methyl/N-ethyl adjacent to an activating group) is 1. The van der Waals surface area contributed by atoms with Crippen LogP contribution in [0.1, 0.15) is 13.3 Å². The van der Waals surface area contributed by atoms with Crippen LogP contribution in [0.2, 0.25) is 0 Å². The number of piperazine rings is 1. The molecule has 1 heterocycles. The maximum Gasteiger partial charge on any atom is 0.0349 e. The molecule has 3 heteroatoms. The number of hydrogen-bond acceptors (Lipinski definition) is 3. The minimum atomic E-state index is 0.511. The third-order valence-electron chi connectivity index (χ3n) is 3.01. The van der Waals surface area contributed by atoms with E-state index in [0.29, 0.717) is 6.04 Å². The summed E-state index contributed by atoms with van der Waals surface area (Å²) in [5.74, 6) is 0. The normalized spacial score (nSPS) is 25.2. The zero-order valence-corrected chi connectivity index (χ0v) is 9.50. The van der Waals surface area contributed by atoms with Crippen LogP contribution in [0, 0.1) is 0 Å². The Labute approximate surface area is 87.6 Å². The molecular formula is C11H23N3. The SMILES string of the molecule is C=C(CC)CN1CCN(C)CC1CN. The molecule has 1 unspecified atom stereocenters. The molecule has 82 valence electrons. The van der Waals surface area contributed by atoms with Crippen molar-refractivity contribution in [2.75, 3.05) is 39.8 Å². The van der Waals surface area contributed by atoms with E-state index in [-0.39, 0.29) is 0 Å². The summed E-state index contributed by atoms with van der Waals surface area (Å²) >= 11 is 0. The molecule has 0 aliphatic carbocycles. The standard InChI is InChI=1S/C11H23N3/c1-4-10(2)8-14-6-5-13(3)9-11(14)7-12/h11H,2,4-9,12H2,1,3H3. The molecule has 1 rings (SSSR count). The second-order valence-corrected chi connectivity index (χ2v) is 4.23. The van der Waals surface area contributed by atoms with Gasteiger partial charge in [0.25, 0.3) is 0 Å². The van der Waals surface area contributed by atoms with Crippen LogP contribution in [0.3, 0.4) is 0 Å². The van der Waals surface area contributed by atoms with Gasteiger partial charge in [0.05, 0.1) is 0 Å². The van der Waals surface area contributed by atoms with Gasteiger partial charge in [0.2, 0.25) is 0 Å². The van der Waals surface area contributed by atoms with Gasteiger partial charge in [0, 0.05) is 38.8 Å². The molecule has 1 aliphatic rings. The molecule has 14 heavy (non-hydrogen) atoms. The van der Waals surface area contributed by atoms with Crippen LogP contribution in [-0.2, 0) is 0 Å². The van der Waals surface area contributed by atoms with Crippen molar-refractivity contribution in [1.29, 1.82) is 0 Å². The Morgan fingerprint density at radius 3 is 2.79 bits per heavy atom. The predicted molar refractivity (Wildman–Crippen MR) is 61.3 cm³/mol. The molecule has 1 fully saturated rings. The van der Waals surface area contributed by atoms with Gasteiger partial charge in [-0.2, -0.15) is 0 Å². The molecule has 0 aromatic rings. The molecule has 0 amide bonds. The molecule has 0 spiro atoms. The van der Waals surface area contributed by atoms with Crippen molar-refractivity contribution in [3.05, 3.63) is 12.2 Å². The van der Waals surface area contributed by atoms with Gasteiger partial charge < -0.3 is 10.6 Å². The number of nitrogens with zero attached hydrogens (tertiary/aromatic N) is 2. The second kappa shape index (κ2) is 5.49. The zero-order valence-electron chi connectivity index (χ0n) is 9.50. The molecule has 0 bridgehead atoms. The lowest BCUT2D eigenvalue weighted by atomic mass is 10.1. The van der Waals surface area contributed by atoms with Gasteiger partial charge in [-0.05, 0) is 13.5 Å². The quantitative estimate of drug-likeness (QED) is 0.667. The van der Waals surface area contributed by atoms with E-state index in [1.165, 1.54) is 5.57 Å². The van der Waals surface area contributed by atoms with Gasteiger partial charge in [-0.25, -0.2) is 0 Å². The minimum Gasteiger partial charge on any atom is -0.329 e. The summed E-state index contributed by atoms with van der Waals surface area (Å²) in [5, 5.41) is 0. The molecule has 0 radical (unpaired) electrons. The maximum atomic E-state index is 5.78. The third kappa shape index (κ3) is 3.08. The molecule has 1 atom stereocenters. The lowest BCUT2D eigenvalue weighted by molar-refractivity contribution is 0.103. The van der Waals surface area contributed by atoms with Gasteiger partial charge in [-0.3, -0.25) is 4.90 Å². The molecule has 1 aliphatic heterocycles. The van der Waals surface area contributed by atoms with Crippen LogP contribution in [0.25, 0.3) is 0 Å². The summed E-state index contributed by atoms with van der Waals surface area (Å²) in [7, 11) is 2.16. The van der Waals surface area contributed by atoms with Gasteiger partial charge in [0.15, 0.2) is 0 Å². The number of rotatable bonds is 4. The number of hydrogen-bond donors (Lipinski definition) is 1. The summed E-state index contributed by atoms with van der Waals surface area (Å²) in [5.41, 5.74) is 7.09. The van der Waals surface area contributed by atoms with E-state index in [0.717, 1.165) is 39.1 Å². The fourth-order valence-electron chi connectivity index (χ4n) is 1.88. The van der Waals surface area contributed by atoms with Crippen molar-refractivity contribution in [3.63, 3.8) is 0 Å². The first kappa shape index (κ1) is 11.7. The highest BCUT2D eigenvalue weighted by Gasteiger charge is 2.23. The first-order valence-electron chi connectivity index (χ1n) is 5.46. The van der Waals surface area contributed by atoms with Crippen molar-refractivity contribution in [1.82, 2.24) is 9.80 Å². The maximum absolute atomic E-state index is 5.78. The Morgan fingerprint density at radius 1 is 1.50 bits per heavy atom. The van der Waals surface area contributed by atoms with E-state index in [1.54, 1.807) is 0 Å². The van der Waals surface area contributed by atoms with E-state index in [2.05, 4.69) is 30.4 Å². The van der Waals surface area contributed by atoms with Gasteiger partial charge in [-0.15, -0.1) is 0 Å². The third-order valence-corrected chi connectivity index (χ3v) is 3.01. The number of nitrogens with two attached hydrogens (primary N) is 1. The molecular weight excluding hydrogens is 174 g/mol. The molecule has 0 aromatic heterocycles. The van der Waals surface area contributed by atoms with Crippen LogP contribution in [0.4, 0.5) is 0 Å². The van der Waals surface area contributed by atoms with E-state index >= 15 is 0 Å². The highest BCUT2D eigenvalue weighted by Crippen LogP contribution is 2.10. The minimum absolute atomic E-state index is 0.511. The van der Waals surface area contributed by atoms with E-state index in [9.17, 15) is 0 Å². The lowest BCUT2D eigenvalue weighted by Crippen LogP contribution is -2.55. The molecule has 0 aromatic carbocycles. The van der Waals surface area contributed by atoms with E-state index in [4.69, 9.17) is 5.73 Å². The Bertz CT molecular complexity index is 191. The van der Waals surface area contributed by atoms with Crippen molar-refractivity contribution < 1.29 is 0 Å². The Balaban J connectivity index is 2.45. The van der Waals surface area contributed by atoms with E-state index < -0.39 is 0 Å². The smallest absolute Gasteiger partial charge is 0.0349 e. The largest absolute Gasteiger partial charge is 0.329 e. The molecule has 1 saturated heterocycles. The van der Waals surface area contributed by atoms with Crippen LogP contribution in [-0.4, -0.2) is 55.6 Å². The predicted octanol–water partition coefficient (Wildman–Crippen LogP) is 0.527. The highest BCUT2D eigenvalue weighted by atomic mass is 15.3. The highest BCUT2D eigenvalue weighted by molar-refractivity contribution is 4.98. The summed E-state index contributed by atoms with van der Waals surface area (Å²) in [6.45, 7) is 11.4. The fraction of sp³-hybridized carbons (Fsp3) is 0.818. The second-order valence-electron chi connectivity index (χ2n) is 4.23. The molecule has 0 saturated carbocycles. The Kier molecular flexibility index (Phi) is 4.58. The van der Waals surface area contributed by atoms with Gasteiger partial charge in [-0.1, -0.05) is 19.1 Å². The Hall–Kier alpha value is -0.380. The summed E-state index contributed by atoms with van der Waals surface area (Å²) < 4.78 is 0. The van der Waals surface area contributed by atoms with Crippen LogP contribution < -0.4 is 5.73 Å². The van der Waals surface area contributed by atoms with Crippen molar-refractivity contribution in [2.24, 2.45) is 5.73 Å². The van der Waals surface area contributed by atoms with Crippen LogP contribution >= 0.6 is 0 Å². The monoisotopic (exact) mass is 197 g/mol. The topological polar surface area (TPSA) is 32.5 Å². The van der Waals surface area contributed by atoms with Gasteiger partial charge in [0.1, 0.15) is 0 Å².